The Hall–Kier alpha value is -0.900. The smallest absolute Gasteiger partial charge is 0.158 e. The van der Waals surface area contributed by atoms with Crippen molar-refractivity contribution < 1.29 is 5.11 Å². The fraction of sp³-hybridized carbons (Fsp3) is 0.800. The predicted octanol–water partition coefficient (Wildman–Crippen LogP) is 1.35. The molecule has 14 heavy (non-hydrogen) atoms. The third-order valence-electron chi connectivity index (χ3n) is 3.09. The third kappa shape index (κ3) is 2.12. The van der Waals surface area contributed by atoms with Gasteiger partial charge in [-0.3, -0.25) is 0 Å². The van der Waals surface area contributed by atoms with Gasteiger partial charge in [0, 0.05) is 6.54 Å². The summed E-state index contributed by atoms with van der Waals surface area (Å²) in [6.07, 6.45) is 8.43. The van der Waals surface area contributed by atoms with Crippen molar-refractivity contribution in [3.8, 4) is 0 Å². The Morgan fingerprint density at radius 1 is 1.43 bits per heavy atom. The van der Waals surface area contributed by atoms with Gasteiger partial charge in [0.25, 0.3) is 0 Å². The van der Waals surface area contributed by atoms with Crippen molar-refractivity contribution in [2.24, 2.45) is 5.92 Å². The van der Waals surface area contributed by atoms with Gasteiger partial charge in [0.1, 0.15) is 12.9 Å². The monoisotopic (exact) mass is 195 g/mol. The standard InChI is InChI=1S/C10H17N3O/c14-7-10-12-11-8-13(10)6-5-9-3-1-2-4-9/h8-9,14H,1-7H2. The number of hydrogen-bond donors (Lipinski definition) is 1. The summed E-state index contributed by atoms with van der Waals surface area (Å²) in [5, 5.41) is 16.6. The van der Waals surface area contributed by atoms with Crippen molar-refractivity contribution in [2.45, 2.75) is 45.3 Å². The lowest BCUT2D eigenvalue weighted by molar-refractivity contribution is 0.263. The van der Waals surface area contributed by atoms with E-state index >= 15 is 0 Å². The Bertz CT molecular complexity index is 279. The summed E-state index contributed by atoms with van der Waals surface area (Å²) in [6.45, 7) is 0.943. The minimum Gasteiger partial charge on any atom is -0.388 e. The molecule has 1 aromatic heterocycles. The van der Waals surface area contributed by atoms with Crippen LogP contribution in [0, 0.1) is 5.92 Å². The zero-order valence-corrected chi connectivity index (χ0v) is 8.39. The normalized spacial score (nSPS) is 17.8. The maximum Gasteiger partial charge on any atom is 0.158 e. The Balaban J connectivity index is 1.84. The van der Waals surface area contributed by atoms with Crippen LogP contribution in [-0.4, -0.2) is 19.9 Å². The number of aromatic nitrogens is 3. The van der Waals surface area contributed by atoms with E-state index in [9.17, 15) is 0 Å². The quantitative estimate of drug-likeness (QED) is 0.789. The molecule has 1 heterocycles. The molecule has 0 atom stereocenters. The van der Waals surface area contributed by atoms with Gasteiger partial charge in [0.05, 0.1) is 0 Å². The molecule has 1 aliphatic carbocycles. The Morgan fingerprint density at radius 3 is 2.93 bits per heavy atom. The second-order valence-electron chi connectivity index (χ2n) is 4.04. The first-order chi connectivity index (χ1) is 6.90. The predicted molar refractivity (Wildman–Crippen MR) is 52.5 cm³/mol. The van der Waals surface area contributed by atoms with E-state index in [2.05, 4.69) is 10.2 Å². The van der Waals surface area contributed by atoms with Crippen molar-refractivity contribution in [3.05, 3.63) is 12.2 Å². The van der Waals surface area contributed by atoms with Crippen molar-refractivity contribution in [3.63, 3.8) is 0 Å². The van der Waals surface area contributed by atoms with Gasteiger partial charge in [-0.1, -0.05) is 25.7 Å². The van der Waals surface area contributed by atoms with Gasteiger partial charge in [-0.05, 0) is 12.3 Å². The highest BCUT2D eigenvalue weighted by atomic mass is 16.3. The van der Waals surface area contributed by atoms with Crippen LogP contribution in [0.5, 0.6) is 0 Å². The van der Waals surface area contributed by atoms with Gasteiger partial charge < -0.3 is 9.67 Å². The molecular weight excluding hydrogens is 178 g/mol. The lowest BCUT2D eigenvalue weighted by atomic mass is 10.0. The Kier molecular flexibility index (Phi) is 3.14. The summed E-state index contributed by atoms with van der Waals surface area (Å²) in [5.41, 5.74) is 0. The van der Waals surface area contributed by atoms with E-state index in [4.69, 9.17) is 5.11 Å². The van der Waals surface area contributed by atoms with Gasteiger partial charge in [0.2, 0.25) is 0 Å². The van der Waals surface area contributed by atoms with E-state index in [1.807, 2.05) is 4.57 Å². The summed E-state index contributed by atoms with van der Waals surface area (Å²) in [4.78, 5) is 0. The van der Waals surface area contributed by atoms with Gasteiger partial charge in [-0.2, -0.15) is 0 Å². The zero-order chi connectivity index (χ0) is 9.80. The van der Waals surface area contributed by atoms with E-state index in [1.54, 1.807) is 6.33 Å². The summed E-state index contributed by atoms with van der Waals surface area (Å²) in [5.74, 6) is 1.56. The van der Waals surface area contributed by atoms with E-state index in [0.717, 1.165) is 12.5 Å². The molecule has 1 N–H and O–H groups in total. The molecule has 0 radical (unpaired) electrons. The SMILES string of the molecule is OCc1nncn1CCC1CCCC1. The minimum atomic E-state index is -0.00926. The van der Waals surface area contributed by atoms with Crippen LogP contribution in [0.2, 0.25) is 0 Å². The molecule has 0 unspecified atom stereocenters. The first-order valence-electron chi connectivity index (χ1n) is 5.37. The average Bonchev–Trinajstić information content (AvgIpc) is 2.85. The molecule has 2 rings (SSSR count). The van der Waals surface area contributed by atoms with Crippen LogP contribution in [0.25, 0.3) is 0 Å². The molecular formula is C10H17N3O. The first kappa shape index (κ1) is 9.65. The van der Waals surface area contributed by atoms with Crippen molar-refractivity contribution in [2.75, 3.05) is 0 Å². The van der Waals surface area contributed by atoms with Crippen LogP contribution in [0.4, 0.5) is 0 Å². The molecule has 0 aliphatic heterocycles. The summed E-state index contributed by atoms with van der Waals surface area (Å²) < 4.78 is 1.96. The molecule has 4 heteroatoms. The average molecular weight is 195 g/mol. The zero-order valence-electron chi connectivity index (χ0n) is 8.39. The van der Waals surface area contributed by atoms with Crippen molar-refractivity contribution >= 4 is 0 Å². The fourth-order valence-corrected chi connectivity index (χ4v) is 2.21. The molecule has 78 valence electrons. The van der Waals surface area contributed by atoms with E-state index in [-0.39, 0.29) is 6.61 Å². The van der Waals surface area contributed by atoms with Crippen LogP contribution in [0.1, 0.15) is 37.9 Å². The fourth-order valence-electron chi connectivity index (χ4n) is 2.21. The van der Waals surface area contributed by atoms with Crippen molar-refractivity contribution in [1.29, 1.82) is 0 Å². The summed E-state index contributed by atoms with van der Waals surface area (Å²) >= 11 is 0. The number of nitrogens with zero attached hydrogens (tertiary/aromatic N) is 3. The van der Waals surface area contributed by atoms with E-state index in [1.165, 1.54) is 32.1 Å². The summed E-state index contributed by atoms with van der Waals surface area (Å²) in [7, 11) is 0. The molecule has 1 fully saturated rings. The van der Waals surface area contributed by atoms with Gasteiger partial charge in [0.15, 0.2) is 5.82 Å². The number of aryl methyl sites for hydroxylation is 1. The molecule has 1 aromatic rings. The molecule has 0 bridgehead atoms. The highest BCUT2D eigenvalue weighted by Gasteiger charge is 2.15. The van der Waals surface area contributed by atoms with Crippen LogP contribution in [-0.2, 0) is 13.2 Å². The second-order valence-corrected chi connectivity index (χ2v) is 4.04. The maximum absolute atomic E-state index is 8.98. The lowest BCUT2D eigenvalue weighted by Gasteiger charge is -2.09. The Morgan fingerprint density at radius 2 is 2.21 bits per heavy atom. The molecule has 0 amide bonds. The number of aliphatic hydroxyl groups excluding tert-OH is 1. The molecule has 0 aromatic carbocycles. The highest BCUT2D eigenvalue weighted by Crippen LogP contribution is 2.27. The van der Waals surface area contributed by atoms with Crippen molar-refractivity contribution in [1.82, 2.24) is 14.8 Å². The number of rotatable bonds is 4. The molecule has 0 spiro atoms. The second kappa shape index (κ2) is 4.55. The van der Waals surface area contributed by atoms with Gasteiger partial charge in [-0.25, -0.2) is 0 Å². The molecule has 0 saturated heterocycles. The van der Waals surface area contributed by atoms with Crippen LogP contribution < -0.4 is 0 Å². The molecule has 1 aliphatic rings. The first-order valence-corrected chi connectivity index (χ1v) is 5.37. The molecule has 1 saturated carbocycles. The number of aliphatic hydroxyl groups is 1. The topological polar surface area (TPSA) is 50.9 Å². The largest absolute Gasteiger partial charge is 0.388 e. The third-order valence-corrected chi connectivity index (χ3v) is 3.09. The maximum atomic E-state index is 8.98. The summed E-state index contributed by atoms with van der Waals surface area (Å²) in [6, 6.07) is 0. The Labute approximate surface area is 84.0 Å². The minimum absolute atomic E-state index is 0.00926. The van der Waals surface area contributed by atoms with E-state index in [0.29, 0.717) is 5.82 Å². The van der Waals surface area contributed by atoms with Crippen LogP contribution in [0.3, 0.4) is 0 Å². The van der Waals surface area contributed by atoms with E-state index < -0.39 is 0 Å². The van der Waals surface area contributed by atoms with Gasteiger partial charge >= 0.3 is 0 Å². The van der Waals surface area contributed by atoms with Crippen LogP contribution in [0.15, 0.2) is 6.33 Å². The van der Waals surface area contributed by atoms with Gasteiger partial charge in [-0.15, -0.1) is 10.2 Å². The lowest BCUT2D eigenvalue weighted by Crippen LogP contribution is -2.06. The number of hydrogen-bond acceptors (Lipinski definition) is 3. The van der Waals surface area contributed by atoms with Crippen LogP contribution >= 0.6 is 0 Å². The molecule has 4 nitrogen and oxygen atoms in total. The highest BCUT2D eigenvalue weighted by molar-refractivity contribution is 4.82.